The number of carbonyl (C=O) groups excluding carboxylic acids is 1. The lowest BCUT2D eigenvalue weighted by Gasteiger charge is -2.25. The number of likely N-dealkylation sites (N-methyl/N-ethyl adjacent to an activating group) is 1. The van der Waals surface area contributed by atoms with Gasteiger partial charge in [-0.15, -0.1) is 0 Å². The van der Waals surface area contributed by atoms with Crippen LogP contribution in [0.15, 0.2) is 76.1 Å². The van der Waals surface area contributed by atoms with Crippen LogP contribution in [0.2, 0.25) is 10.0 Å². The third-order valence-corrected chi connectivity index (χ3v) is 7.99. The quantitative estimate of drug-likeness (QED) is 0.352. The summed E-state index contributed by atoms with van der Waals surface area (Å²) in [7, 11) is -0.882. The minimum Gasteiger partial charge on any atom is -0.497 e. The zero-order valence-electron chi connectivity index (χ0n) is 17.8. The van der Waals surface area contributed by atoms with Gasteiger partial charge in [0.2, 0.25) is 15.9 Å². The maximum absolute atomic E-state index is 13.5. The van der Waals surface area contributed by atoms with Crippen LogP contribution < -0.4 is 9.64 Å². The molecule has 1 amide bonds. The Morgan fingerprint density at radius 2 is 1.70 bits per heavy atom. The molecule has 0 aliphatic carbocycles. The highest BCUT2D eigenvalue weighted by molar-refractivity contribution is 9.10. The fourth-order valence-electron chi connectivity index (χ4n) is 3.04. The molecule has 0 unspecified atom stereocenters. The summed E-state index contributed by atoms with van der Waals surface area (Å²) >= 11 is 15.4. The Balaban J connectivity index is 1.94. The van der Waals surface area contributed by atoms with E-state index in [1.54, 1.807) is 61.6 Å². The number of carbonyl (C=O) groups is 1. The van der Waals surface area contributed by atoms with Gasteiger partial charge in [0.1, 0.15) is 5.75 Å². The maximum atomic E-state index is 13.5. The van der Waals surface area contributed by atoms with E-state index in [4.69, 9.17) is 27.9 Å². The zero-order valence-corrected chi connectivity index (χ0v) is 21.7. The number of nitrogens with zero attached hydrogens (tertiary/aromatic N) is 2. The van der Waals surface area contributed by atoms with Gasteiger partial charge < -0.3 is 9.64 Å². The number of hydrogen-bond donors (Lipinski definition) is 0. The highest BCUT2D eigenvalue weighted by atomic mass is 79.9. The number of halogens is 3. The molecule has 6 nitrogen and oxygen atoms in total. The first-order valence-corrected chi connectivity index (χ1v) is 12.7. The second kappa shape index (κ2) is 10.9. The van der Waals surface area contributed by atoms with Gasteiger partial charge in [0.05, 0.1) is 28.6 Å². The van der Waals surface area contributed by atoms with E-state index in [1.807, 2.05) is 0 Å². The van der Waals surface area contributed by atoms with Gasteiger partial charge in [-0.2, -0.15) is 4.31 Å². The van der Waals surface area contributed by atoms with Crippen LogP contribution in [0, 0.1) is 0 Å². The molecule has 3 rings (SSSR count). The Morgan fingerprint density at radius 1 is 1.00 bits per heavy atom. The lowest BCUT2D eigenvalue weighted by atomic mass is 10.2. The molecule has 0 bridgehead atoms. The number of amides is 1. The molecule has 0 N–H and O–H groups in total. The summed E-state index contributed by atoms with van der Waals surface area (Å²) in [6.07, 6.45) is 0. The summed E-state index contributed by atoms with van der Waals surface area (Å²) < 4.78 is 34.0. The number of methoxy groups -OCH3 is 1. The maximum Gasteiger partial charge on any atom is 0.243 e. The fourth-order valence-corrected chi connectivity index (χ4v) is 5.01. The lowest BCUT2D eigenvalue weighted by molar-refractivity contribution is -0.118. The summed E-state index contributed by atoms with van der Waals surface area (Å²) in [5.41, 5.74) is 1.18. The smallest absolute Gasteiger partial charge is 0.243 e. The number of ether oxygens (including phenoxy) is 1. The topological polar surface area (TPSA) is 66.9 Å². The second-order valence-corrected chi connectivity index (χ2v) is 10.8. The molecule has 174 valence electrons. The Hall–Kier alpha value is -2.10. The van der Waals surface area contributed by atoms with Crippen LogP contribution in [-0.4, -0.2) is 39.3 Å². The van der Waals surface area contributed by atoms with E-state index in [0.717, 1.165) is 8.78 Å². The molecule has 0 aromatic heterocycles. The number of benzene rings is 3. The Bertz CT molecular complexity index is 1250. The van der Waals surface area contributed by atoms with Crippen molar-refractivity contribution in [3.8, 4) is 5.75 Å². The van der Waals surface area contributed by atoms with Gasteiger partial charge >= 0.3 is 0 Å². The lowest BCUT2D eigenvalue weighted by Crippen LogP contribution is -2.41. The van der Waals surface area contributed by atoms with E-state index in [-0.39, 0.29) is 18.0 Å². The van der Waals surface area contributed by atoms with Crippen LogP contribution in [0.1, 0.15) is 5.56 Å². The fraction of sp³-hybridized carbons (Fsp3) is 0.174. The number of hydrogen-bond acceptors (Lipinski definition) is 4. The molecule has 0 heterocycles. The van der Waals surface area contributed by atoms with Crippen molar-refractivity contribution in [1.82, 2.24) is 4.31 Å². The molecule has 0 aliphatic rings. The van der Waals surface area contributed by atoms with Gasteiger partial charge in [-0.1, -0.05) is 51.3 Å². The summed E-state index contributed by atoms with van der Waals surface area (Å²) in [4.78, 5) is 14.6. The van der Waals surface area contributed by atoms with Crippen molar-refractivity contribution in [3.63, 3.8) is 0 Å². The summed E-state index contributed by atoms with van der Waals surface area (Å²) in [5, 5.41) is 0.659. The standard InChI is InChI=1S/C23H21BrCl2N2O4S/c1-27(18-4-3-5-19(13-18)32-2)23(29)15-28(14-16-6-11-21(25)22(26)12-16)33(30,31)20-9-7-17(24)8-10-20/h3-13H,14-15H2,1-2H3. The first kappa shape index (κ1) is 25.5. The zero-order chi connectivity index (χ0) is 24.2. The van der Waals surface area contributed by atoms with Crippen molar-refractivity contribution in [2.75, 3.05) is 25.6 Å². The van der Waals surface area contributed by atoms with Crippen LogP contribution in [0.25, 0.3) is 0 Å². The molecule has 0 saturated heterocycles. The number of rotatable bonds is 8. The van der Waals surface area contributed by atoms with E-state index >= 15 is 0 Å². The van der Waals surface area contributed by atoms with Crippen molar-refractivity contribution >= 4 is 60.7 Å². The van der Waals surface area contributed by atoms with Gasteiger partial charge in [-0.25, -0.2) is 8.42 Å². The van der Waals surface area contributed by atoms with Crippen LogP contribution >= 0.6 is 39.1 Å². The average molecular weight is 572 g/mol. The molecule has 0 atom stereocenters. The Morgan fingerprint density at radius 3 is 2.33 bits per heavy atom. The van der Waals surface area contributed by atoms with Crippen molar-refractivity contribution < 1.29 is 17.9 Å². The number of anilines is 1. The first-order valence-electron chi connectivity index (χ1n) is 9.72. The molecule has 10 heteroatoms. The predicted octanol–water partition coefficient (Wildman–Crippen LogP) is 5.62. The monoisotopic (exact) mass is 570 g/mol. The van der Waals surface area contributed by atoms with Crippen molar-refractivity contribution in [2.24, 2.45) is 0 Å². The molecule has 0 fully saturated rings. The SMILES string of the molecule is COc1cccc(N(C)C(=O)CN(Cc2ccc(Cl)c(Cl)c2)S(=O)(=O)c2ccc(Br)cc2)c1. The van der Waals surface area contributed by atoms with Gasteiger partial charge in [-0.05, 0) is 54.1 Å². The molecular formula is C23H21BrCl2N2O4S. The van der Waals surface area contributed by atoms with E-state index in [0.29, 0.717) is 27.0 Å². The molecule has 0 spiro atoms. The van der Waals surface area contributed by atoms with Crippen molar-refractivity contribution in [1.29, 1.82) is 0 Å². The van der Waals surface area contributed by atoms with Gasteiger partial charge in [0, 0.05) is 29.8 Å². The van der Waals surface area contributed by atoms with E-state index in [1.165, 1.54) is 24.1 Å². The minimum absolute atomic E-state index is 0.0625. The van der Waals surface area contributed by atoms with Gasteiger partial charge in [0.15, 0.2) is 0 Å². The molecule has 0 saturated carbocycles. The van der Waals surface area contributed by atoms with Crippen molar-refractivity contribution in [2.45, 2.75) is 11.4 Å². The summed E-state index contributed by atoms with van der Waals surface area (Å²) in [6, 6.07) is 18.0. The highest BCUT2D eigenvalue weighted by Crippen LogP contribution is 2.26. The molecule has 3 aromatic rings. The van der Waals surface area contributed by atoms with E-state index < -0.39 is 15.9 Å². The van der Waals surface area contributed by atoms with Crippen LogP contribution in [-0.2, 0) is 21.4 Å². The molecular weight excluding hydrogens is 551 g/mol. The molecule has 0 aliphatic heterocycles. The molecule has 33 heavy (non-hydrogen) atoms. The third kappa shape index (κ3) is 6.28. The largest absolute Gasteiger partial charge is 0.497 e. The Labute approximate surface area is 211 Å². The summed E-state index contributed by atoms with van der Waals surface area (Å²) in [5.74, 6) is 0.172. The minimum atomic E-state index is -4.00. The van der Waals surface area contributed by atoms with Crippen LogP contribution in [0.5, 0.6) is 5.75 Å². The normalized spacial score (nSPS) is 11.5. The molecule has 3 aromatic carbocycles. The summed E-state index contributed by atoms with van der Waals surface area (Å²) in [6.45, 7) is -0.445. The number of sulfonamides is 1. The van der Waals surface area contributed by atoms with Crippen molar-refractivity contribution in [3.05, 3.63) is 86.8 Å². The Kier molecular flexibility index (Phi) is 8.42. The first-order chi connectivity index (χ1) is 15.6. The van der Waals surface area contributed by atoms with Crippen LogP contribution in [0.3, 0.4) is 0 Å². The highest BCUT2D eigenvalue weighted by Gasteiger charge is 2.28. The third-order valence-electron chi connectivity index (χ3n) is 4.92. The van der Waals surface area contributed by atoms with Gasteiger partial charge in [0.25, 0.3) is 0 Å². The van der Waals surface area contributed by atoms with E-state index in [2.05, 4.69) is 15.9 Å². The average Bonchev–Trinajstić information content (AvgIpc) is 2.80. The van der Waals surface area contributed by atoms with Gasteiger partial charge in [-0.3, -0.25) is 4.79 Å². The second-order valence-electron chi connectivity index (χ2n) is 7.13. The predicted molar refractivity (Wildman–Crippen MR) is 135 cm³/mol. The van der Waals surface area contributed by atoms with Crippen LogP contribution in [0.4, 0.5) is 5.69 Å². The molecule has 0 radical (unpaired) electrons. The van der Waals surface area contributed by atoms with E-state index in [9.17, 15) is 13.2 Å².